The van der Waals surface area contributed by atoms with E-state index in [9.17, 15) is 72.5 Å². The van der Waals surface area contributed by atoms with E-state index in [-0.39, 0.29) is 117 Å². The van der Waals surface area contributed by atoms with Crippen molar-refractivity contribution in [2.75, 3.05) is 113 Å². The van der Waals surface area contributed by atoms with Crippen molar-refractivity contribution in [2.45, 2.75) is 428 Å². The molecule has 4 fully saturated rings. The number of nitrogens with zero attached hydrogens (tertiary/aromatic N) is 2. The maximum Gasteiger partial charge on any atom is 0.303 e. The number of carbonyl (C=O) groups is 13. The minimum Gasteiger partial charge on any atom is -0.481 e. The van der Waals surface area contributed by atoms with E-state index < -0.39 is 149 Å². The Labute approximate surface area is 873 Å². The van der Waals surface area contributed by atoms with Crippen LogP contribution < -0.4 is 37.6 Å². The zero-order chi connectivity index (χ0) is 111. The van der Waals surface area contributed by atoms with Crippen LogP contribution in [0.5, 0.6) is 0 Å². The molecule has 0 aromatic carbocycles. The van der Waals surface area contributed by atoms with Crippen molar-refractivity contribution in [1.29, 1.82) is 5.26 Å². The normalized spacial score (nSPS) is 23.5. The highest BCUT2D eigenvalue weighted by atomic mass is 31.2. The van der Waals surface area contributed by atoms with Crippen LogP contribution >= 0.6 is 8.53 Å². The van der Waals surface area contributed by atoms with E-state index in [1.165, 1.54) is 69.4 Å². The number of rotatable bonds is 68. The van der Waals surface area contributed by atoms with E-state index >= 15 is 0 Å². The molecule has 0 aliphatic carbocycles. The number of carbonyl (C=O) groups excluding carboxylic acids is 12. The lowest BCUT2D eigenvalue weighted by atomic mass is 9.88. The first-order valence-corrected chi connectivity index (χ1v) is 53.5. The van der Waals surface area contributed by atoms with Crippen molar-refractivity contribution < 1.29 is 173 Å². The molecule has 0 aromatic heterocycles. The van der Waals surface area contributed by atoms with E-state index in [0.29, 0.717) is 124 Å². The molecule has 0 saturated carbocycles. The Kier molecular flexibility index (Phi) is 84.5. The topological polar surface area (TPSA) is 625 Å². The molecular weight excluding hydrogens is 1950 g/mol. The third kappa shape index (κ3) is 68.1. The number of carboxylic acids is 1. The average Bonchev–Trinajstić information content (AvgIpc) is 0.800. The zero-order valence-corrected chi connectivity index (χ0v) is 92.3. The van der Waals surface area contributed by atoms with Crippen molar-refractivity contribution in [3.05, 3.63) is 0 Å². The Bertz CT molecular complexity index is 3580. The number of nitrogens with two attached hydrogens (primary N) is 1. The largest absolute Gasteiger partial charge is 0.481 e. The number of hydrogen-bond acceptors (Lipinski definition) is 38. The molecule has 45 nitrogen and oxygen atoms in total. The molecule has 4 aliphatic heterocycles. The molecule has 856 valence electrons. The number of methoxy groups -OCH3 is 1. The van der Waals surface area contributed by atoms with Gasteiger partial charge in [-0.15, -0.1) is 0 Å². The molecule has 0 spiro atoms. The van der Waals surface area contributed by atoms with E-state index in [4.69, 9.17) is 112 Å². The lowest BCUT2D eigenvalue weighted by Crippen LogP contribution is -2.62. The van der Waals surface area contributed by atoms with Gasteiger partial charge in [0.1, 0.15) is 75.4 Å². The third-order valence-corrected chi connectivity index (χ3v) is 25.3. The van der Waals surface area contributed by atoms with Crippen LogP contribution in [0.2, 0.25) is 0 Å². The van der Waals surface area contributed by atoms with Crippen molar-refractivity contribution in [3.8, 4) is 6.07 Å². The van der Waals surface area contributed by atoms with Gasteiger partial charge in [0.05, 0.1) is 56.5 Å². The summed E-state index contributed by atoms with van der Waals surface area (Å²) in [5.74, 6) is -6.17. The second-order valence-corrected chi connectivity index (χ2v) is 38.2. The van der Waals surface area contributed by atoms with E-state index in [2.05, 4.69) is 70.3 Å². The van der Waals surface area contributed by atoms with Gasteiger partial charge in [0.15, 0.2) is 25.2 Å². The summed E-state index contributed by atoms with van der Waals surface area (Å²) in [5, 5.41) is 80.3. The molecule has 21 atom stereocenters. The van der Waals surface area contributed by atoms with Crippen LogP contribution in [0, 0.1) is 35.0 Å². The fraction of sp³-hybridized carbons (Fsp3) is 0.861. The van der Waals surface area contributed by atoms with Crippen LogP contribution in [0.3, 0.4) is 0 Å². The van der Waals surface area contributed by atoms with Crippen LogP contribution in [0.15, 0.2) is 0 Å². The number of amides is 6. The second-order valence-electron chi connectivity index (χ2n) is 36.8. The Morgan fingerprint density at radius 1 is 0.395 bits per heavy atom. The molecule has 4 saturated heterocycles. The lowest BCUT2D eigenvalue weighted by Gasteiger charge is -2.44. The van der Waals surface area contributed by atoms with Gasteiger partial charge in [-0.1, -0.05) is 106 Å². The maximum atomic E-state index is 12.3. The molecule has 0 bridgehead atoms. The van der Waals surface area contributed by atoms with Crippen LogP contribution in [0.1, 0.15) is 318 Å². The van der Waals surface area contributed by atoms with Crippen LogP contribution in [-0.4, -0.2) is 336 Å². The van der Waals surface area contributed by atoms with Gasteiger partial charge < -0.3 is 148 Å². The molecular formula is C101H186N9O36P. The van der Waals surface area contributed by atoms with Crippen molar-refractivity contribution in [1.82, 2.24) is 36.6 Å². The van der Waals surface area contributed by atoms with Gasteiger partial charge in [0, 0.05) is 184 Å². The molecule has 4 heterocycles. The molecule has 18 unspecified atom stereocenters. The van der Waals surface area contributed by atoms with E-state index in [0.717, 1.165) is 122 Å². The number of aliphatic hydroxyl groups excluding tert-OH is 5. The highest BCUT2D eigenvalue weighted by Crippen LogP contribution is 2.46. The predicted molar refractivity (Wildman–Crippen MR) is 542 cm³/mol. The summed E-state index contributed by atoms with van der Waals surface area (Å²) in [6, 6.07) is 0.928. The van der Waals surface area contributed by atoms with Gasteiger partial charge in [0.25, 0.3) is 8.53 Å². The third-order valence-electron chi connectivity index (χ3n) is 23.2. The van der Waals surface area contributed by atoms with Crippen LogP contribution in [-0.2, 0) is 142 Å². The average molecular weight is 2130 g/mol. The fourth-order valence-corrected chi connectivity index (χ4v) is 17.4. The van der Waals surface area contributed by atoms with Gasteiger partial charge in [-0.25, -0.2) is 4.67 Å². The molecule has 0 radical (unpaired) electrons. The summed E-state index contributed by atoms with van der Waals surface area (Å²) in [6.45, 7) is 35.9. The maximum absolute atomic E-state index is 12.3. The standard InChI is InChI=1S/C34H61N4O10P.C25H44N2O9.C19H31NO9.C15H29NO7.C6H15NO.C2H6/c1-24(2)38(25(3)4)49(46-22-16-18-35)45-21-15-10-9-13-19-36-31(42)17-12-11-14-20-43-34-32(37-27(6)39)26(5)33(47-29(8)41)30(48-34)23-44-28(7)40;1-17-23(27-18(2)29)25(36-21(16-34-19(3)30)24(17)35-20(4)31)33-15-11-7-8-12-22(32)26-13-9-5-6-10-14-28;1-11-17(20-12(2)21)19(26-9-7-5-6-8-16(24)25)29-15(10-27-13(3)22)18(11)28-14(4)23;1-10-13(19)14(20)11(8-17)23-15(10)22-7-5-3-4-6-12(18)16-9-21-2;7-5-3-1-2-4-6-8;1-2/h24-26,30,32-34H,9-17,19-23H2,1-8H3,(H,36,42)(H,37,39);17,21,23-25,28H,5-16H2,1-4H3,(H,26,32)(H,27,29);11,15,17-19H,5-10H2,1-4H3,(H,20,21)(H,24,25);10-11,13-15,17,19-20H,3-9H2,1-2H3,(H,16,18);8H,1-7H2;1-2H3/t;;;10?,11?,13-,14+,15-;;/m...1../s1. The molecule has 14 N–H and O–H groups in total. The molecule has 6 amide bonds. The fourth-order valence-electron chi connectivity index (χ4n) is 15.8. The second kappa shape index (κ2) is 87.8. The number of ether oxygens (including phenoxy) is 15. The smallest absolute Gasteiger partial charge is 0.303 e. The van der Waals surface area contributed by atoms with E-state index in [1.54, 1.807) is 13.8 Å². The first-order chi connectivity index (χ1) is 70.0. The van der Waals surface area contributed by atoms with Crippen LogP contribution in [0.25, 0.3) is 0 Å². The predicted octanol–water partition coefficient (Wildman–Crippen LogP) is 8.38. The molecule has 46 heteroatoms. The number of hydrogen-bond donors (Lipinski definition) is 13. The first kappa shape index (κ1) is 141. The van der Waals surface area contributed by atoms with Crippen molar-refractivity contribution >= 4 is 85.8 Å². The van der Waals surface area contributed by atoms with E-state index in [1.807, 2.05) is 27.7 Å². The Morgan fingerprint density at radius 2 is 0.707 bits per heavy atom. The van der Waals surface area contributed by atoms with Crippen molar-refractivity contribution in [3.63, 3.8) is 0 Å². The number of aliphatic hydroxyl groups is 5. The molecule has 4 aliphatic rings. The highest BCUT2D eigenvalue weighted by Gasteiger charge is 2.51. The summed E-state index contributed by atoms with van der Waals surface area (Å²) in [4.78, 5) is 150. The number of aliphatic carboxylic acids is 1. The Hall–Kier alpha value is -7.69. The SMILES string of the molecule is CC.CC(=O)NC1C(OCCCCCC(=O)NCCCCCCO)OC(COC(C)=O)C(OC(C)=O)C1C.CC(=O)NC1C(OCCCCCC(=O)NCCCCCCOP(OCCC#N)N(C(C)C)C(C)C)OC(COC(C)=O)C(OC(C)=O)C1C.CC(=O)NC1C(OCCCCCC(=O)O)OC(COC(C)=O)C(OC(C)=O)C1C.COCNC(=O)CCCCCO[C@@H]1OC(CO)[C@H](O)[C@H](O)C1C.NCCCCCCO. The summed E-state index contributed by atoms with van der Waals surface area (Å²) < 4.78 is 97.2. The number of unbranched alkanes of at least 4 members (excludes halogenated alkanes) is 17. The van der Waals surface area contributed by atoms with Gasteiger partial charge in [-0.2, -0.15) is 5.26 Å². The van der Waals surface area contributed by atoms with Gasteiger partial charge in [0.2, 0.25) is 35.4 Å². The number of nitriles is 1. The minimum atomic E-state index is -1.22. The van der Waals surface area contributed by atoms with Crippen molar-refractivity contribution in [2.24, 2.45) is 29.4 Å². The number of carboxylic acid groups (broad SMARTS) is 1. The molecule has 0 aromatic rings. The van der Waals surface area contributed by atoms with Gasteiger partial charge in [-0.05, 0) is 124 Å². The van der Waals surface area contributed by atoms with Crippen LogP contribution in [0.4, 0.5) is 0 Å². The highest BCUT2D eigenvalue weighted by molar-refractivity contribution is 7.44. The Balaban J connectivity index is 0. The Morgan fingerprint density at radius 3 is 1.02 bits per heavy atom. The molecule has 4 rings (SSSR count). The quantitative estimate of drug-likeness (QED) is 0.00893. The molecule has 147 heavy (non-hydrogen) atoms. The lowest BCUT2D eigenvalue weighted by molar-refractivity contribution is -0.282. The monoisotopic (exact) mass is 2130 g/mol. The first-order valence-electron chi connectivity index (χ1n) is 52.4. The minimum absolute atomic E-state index is 0.0202. The number of nitrogens with one attached hydrogen (secondary N) is 6. The number of esters is 6. The summed E-state index contributed by atoms with van der Waals surface area (Å²) in [7, 11) is 0.302. The summed E-state index contributed by atoms with van der Waals surface area (Å²) >= 11 is 0. The van der Waals surface area contributed by atoms with Gasteiger partial charge in [-0.3, -0.25) is 62.3 Å². The summed E-state index contributed by atoms with van der Waals surface area (Å²) in [5.41, 5.74) is 5.25. The zero-order valence-electron chi connectivity index (χ0n) is 91.4. The summed E-state index contributed by atoms with van der Waals surface area (Å²) in [6.07, 6.45) is 11.5. The van der Waals surface area contributed by atoms with Gasteiger partial charge >= 0.3 is 41.8 Å².